The van der Waals surface area contributed by atoms with E-state index in [0.717, 1.165) is 35.7 Å². The van der Waals surface area contributed by atoms with Crippen molar-refractivity contribution in [2.24, 2.45) is 0 Å². The van der Waals surface area contributed by atoms with Crippen LogP contribution >= 0.6 is 15.9 Å². The van der Waals surface area contributed by atoms with Gasteiger partial charge in [0, 0.05) is 27.9 Å². The van der Waals surface area contributed by atoms with E-state index in [1.54, 1.807) is 30.3 Å². The van der Waals surface area contributed by atoms with Crippen LogP contribution in [0.5, 0.6) is 5.75 Å². The normalized spacial score (nSPS) is 19.5. The fourth-order valence-corrected chi connectivity index (χ4v) is 4.12. The van der Waals surface area contributed by atoms with E-state index in [4.69, 9.17) is 4.74 Å². The molecule has 0 unspecified atom stereocenters. The van der Waals surface area contributed by atoms with Crippen molar-refractivity contribution in [1.29, 1.82) is 0 Å². The van der Waals surface area contributed by atoms with Crippen molar-refractivity contribution in [2.45, 2.75) is 44.1 Å². The van der Waals surface area contributed by atoms with Gasteiger partial charge in [0.25, 0.3) is 0 Å². The Morgan fingerprint density at radius 1 is 1.15 bits per heavy atom. The monoisotopic (exact) mass is 430 g/mol. The maximum Gasteiger partial charge on any atom is 0.228 e. The molecule has 4 nitrogen and oxygen atoms in total. The first-order valence-corrected chi connectivity index (χ1v) is 9.97. The third kappa shape index (κ3) is 4.66. The van der Waals surface area contributed by atoms with Crippen LogP contribution in [0.2, 0.25) is 0 Å². The van der Waals surface area contributed by atoms with Crippen LogP contribution in [0.15, 0.2) is 46.9 Å². The third-order valence-corrected chi connectivity index (χ3v) is 5.65. The lowest BCUT2D eigenvalue weighted by Crippen LogP contribution is -2.23. The molecule has 0 bridgehead atoms. The van der Waals surface area contributed by atoms with Gasteiger partial charge in [-0.2, -0.15) is 0 Å². The summed E-state index contributed by atoms with van der Waals surface area (Å²) < 4.78 is 6.11. The average molecular weight is 431 g/mol. The van der Waals surface area contributed by atoms with Crippen molar-refractivity contribution in [1.82, 2.24) is 0 Å². The highest BCUT2D eigenvalue weighted by atomic mass is 79.9. The number of methoxy groups -OCH3 is 1. The number of rotatable bonds is 6. The van der Waals surface area contributed by atoms with Gasteiger partial charge in [-0.05, 0) is 42.7 Å². The number of hydrogen-bond donors (Lipinski definition) is 1. The zero-order valence-electron chi connectivity index (χ0n) is 15.3. The number of carbonyl (C=O) groups is 2. The van der Waals surface area contributed by atoms with Gasteiger partial charge in [0.1, 0.15) is 5.75 Å². The summed E-state index contributed by atoms with van der Waals surface area (Å²) in [4.78, 5) is 25.3. The topological polar surface area (TPSA) is 63.6 Å². The molecule has 27 heavy (non-hydrogen) atoms. The largest absolute Gasteiger partial charge is 0.496 e. The first kappa shape index (κ1) is 19.8. The van der Waals surface area contributed by atoms with E-state index >= 15 is 0 Å². The minimum absolute atomic E-state index is 0.0161. The molecule has 0 heterocycles. The van der Waals surface area contributed by atoms with Gasteiger partial charge in [-0.3, -0.25) is 9.59 Å². The van der Waals surface area contributed by atoms with E-state index < -0.39 is 11.6 Å². The first-order chi connectivity index (χ1) is 13.0. The molecule has 2 aromatic carbocycles. The molecule has 3 rings (SSSR count). The SMILES string of the molecule is COc1ccc(Br)cc1CC(=O)C(=O)c1cccc([C@@H]2CCCC[C@H]2O)c1. The van der Waals surface area contributed by atoms with Crippen molar-refractivity contribution >= 4 is 27.5 Å². The van der Waals surface area contributed by atoms with Crippen LogP contribution in [-0.2, 0) is 11.2 Å². The summed E-state index contributed by atoms with van der Waals surface area (Å²) >= 11 is 3.38. The number of benzene rings is 2. The minimum Gasteiger partial charge on any atom is -0.496 e. The van der Waals surface area contributed by atoms with E-state index in [9.17, 15) is 14.7 Å². The minimum atomic E-state index is -0.510. The lowest BCUT2D eigenvalue weighted by Gasteiger charge is -2.28. The van der Waals surface area contributed by atoms with Crippen LogP contribution < -0.4 is 4.74 Å². The summed E-state index contributed by atoms with van der Waals surface area (Å²) in [5.41, 5.74) is 1.98. The molecule has 1 saturated carbocycles. The predicted molar refractivity (Wildman–Crippen MR) is 107 cm³/mol. The Morgan fingerprint density at radius 3 is 2.67 bits per heavy atom. The van der Waals surface area contributed by atoms with Crippen LogP contribution in [0, 0.1) is 0 Å². The maximum atomic E-state index is 12.7. The Kier molecular flexibility index (Phi) is 6.45. The van der Waals surface area contributed by atoms with Crippen LogP contribution in [0.25, 0.3) is 0 Å². The molecule has 1 aliphatic carbocycles. The van der Waals surface area contributed by atoms with Crippen LogP contribution in [0.4, 0.5) is 0 Å². The van der Waals surface area contributed by atoms with Gasteiger partial charge >= 0.3 is 0 Å². The molecule has 142 valence electrons. The number of ether oxygens (including phenoxy) is 1. The number of aliphatic hydroxyl groups is 1. The summed E-state index contributed by atoms with van der Waals surface area (Å²) in [6.45, 7) is 0. The molecule has 1 N–H and O–H groups in total. The average Bonchev–Trinajstić information content (AvgIpc) is 2.68. The van der Waals surface area contributed by atoms with Gasteiger partial charge in [0.2, 0.25) is 11.6 Å². The molecule has 1 aliphatic rings. The van der Waals surface area contributed by atoms with E-state index in [-0.39, 0.29) is 18.4 Å². The second kappa shape index (κ2) is 8.81. The molecule has 1 fully saturated rings. The maximum absolute atomic E-state index is 12.7. The van der Waals surface area contributed by atoms with Crippen molar-refractivity contribution < 1.29 is 19.4 Å². The Bertz CT molecular complexity index is 846. The molecule has 0 aliphatic heterocycles. The highest BCUT2D eigenvalue weighted by Crippen LogP contribution is 2.33. The van der Waals surface area contributed by atoms with Crippen LogP contribution in [0.3, 0.4) is 0 Å². The van der Waals surface area contributed by atoms with Crippen molar-refractivity contribution in [3.63, 3.8) is 0 Å². The molecule has 0 radical (unpaired) electrons. The first-order valence-electron chi connectivity index (χ1n) is 9.17. The van der Waals surface area contributed by atoms with Crippen molar-refractivity contribution in [3.8, 4) is 5.75 Å². The summed E-state index contributed by atoms with van der Waals surface area (Å²) in [5.74, 6) is -0.373. The van der Waals surface area contributed by atoms with Gasteiger partial charge in [0.15, 0.2) is 0 Å². The van der Waals surface area contributed by atoms with E-state index in [2.05, 4.69) is 15.9 Å². The van der Waals surface area contributed by atoms with E-state index in [1.165, 1.54) is 7.11 Å². The summed E-state index contributed by atoms with van der Waals surface area (Å²) in [6.07, 6.45) is 3.39. The fourth-order valence-electron chi connectivity index (χ4n) is 3.71. The summed E-state index contributed by atoms with van der Waals surface area (Å²) in [6, 6.07) is 12.5. The number of aliphatic hydroxyl groups excluding tert-OH is 1. The van der Waals surface area contributed by atoms with Crippen molar-refractivity contribution in [2.75, 3.05) is 7.11 Å². The fraction of sp³-hybridized carbons (Fsp3) is 0.364. The second-order valence-electron chi connectivity index (χ2n) is 6.97. The lowest BCUT2D eigenvalue weighted by molar-refractivity contribution is -0.114. The number of ketones is 2. The standard InChI is InChI=1S/C22H23BrO4/c1-27-21-10-9-17(23)12-16(21)13-20(25)22(26)15-6-4-5-14(11-15)18-7-2-3-8-19(18)24/h4-6,9-12,18-19,24H,2-3,7-8,13H2,1H3/t18-,19+/m0/s1. The zero-order chi connectivity index (χ0) is 19.4. The van der Waals surface area contributed by atoms with Gasteiger partial charge in [0.05, 0.1) is 13.2 Å². The zero-order valence-corrected chi connectivity index (χ0v) is 16.9. The molecule has 2 aromatic rings. The molecule has 0 saturated heterocycles. The molecule has 2 atom stereocenters. The van der Waals surface area contributed by atoms with Crippen LogP contribution in [0.1, 0.15) is 53.1 Å². The highest BCUT2D eigenvalue weighted by molar-refractivity contribution is 9.10. The molecule has 0 amide bonds. The number of carbonyl (C=O) groups excluding carboxylic acids is 2. The quantitative estimate of drug-likeness (QED) is 0.542. The molecule has 0 spiro atoms. The Morgan fingerprint density at radius 2 is 1.93 bits per heavy atom. The van der Waals surface area contributed by atoms with Gasteiger partial charge in [-0.25, -0.2) is 0 Å². The molecule has 5 heteroatoms. The van der Waals surface area contributed by atoms with Crippen LogP contribution in [-0.4, -0.2) is 29.9 Å². The predicted octanol–water partition coefficient (Wildman–Crippen LogP) is 4.47. The highest BCUT2D eigenvalue weighted by Gasteiger charge is 2.26. The Balaban J connectivity index is 1.78. The van der Waals surface area contributed by atoms with Gasteiger partial charge < -0.3 is 9.84 Å². The third-order valence-electron chi connectivity index (χ3n) is 5.15. The molecule has 0 aromatic heterocycles. The van der Waals surface area contributed by atoms with Crippen molar-refractivity contribution in [3.05, 3.63) is 63.6 Å². The smallest absolute Gasteiger partial charge is 0.228 e. The second-order valence-corrected chi connectivity index (χ2v) is 7.88. The number of halogens is 1. The Labute approximate surface area is 167 Å². The van der Waals surface area contributed by atoms with Gasteiger partial charge in [-0.1, -0.05) is 47.0 Å². The van der Waals surface area contributed by atoms with Gasteiger partial charge in [-0.15, -0.1) is 0 Å². The number of Topliss-reactive ketones (excluding diaryl/α,β-unsaturated/α-hetero) is 2. The molecular formula is C22H23BrO4. The van der Waals surface area contributed by atoms with E-state index in [0.29, 0.717) is 16.9 Å². The summed E-state index contributed by atoms with van der Waals surface area (Å²) in [7, 11) is 1.54. The number of hydrogen-bond acceptors (Lipinski definition) is 4. The molecular weight excluding hydrogens is 408 g/mol. The Hall–Kier alpha value is -1.98. The van der Waals surface area contributed by atoms with E-state index in [1.807, 2.05) is 12.1 Å². The summed E-state index contributed by atoms with van der Waals surface area (Å²) in [5, 5.41) is 10.3. The lowest BCUT2D eigenvalue weighted by atomic mass is 9.81.